The summed E-state index contributed by atoms with van der Waals surface area (Å²) in [6.07, 6.45) is -4.37. The summed E-state index contributed by atoms with van der Waals surface area (Å²) in [4.78, 5) is 38.8. The number of benzene rings is 5. The van der Waals surface area contributed by atoms with Crippen LogP contribution in [0.1, 0.15) is 27.0 Å². The van der Waals surface area contributed by atoms with Crippen LogP contribution >= 0.6 is 0 Å². The molecule has 5 rings (SSSR count). The lowest BCUT2D eigenvalue weighted by Gasteiger charge is -2.18. The monoisotopic (exact) mass is 652 g/mol. The second-order valence-corrected chi connectivity index (χ2v) is 11.0. The fourth-order valence-corrected chi connectivity index (χ4v) is 5.17. The van der Waals surface area contributed by atoms with Crippen molar-refractivity contribution in [2.75, 3.05) is 12.4 Å². The fourth-order valence-electron chi connectivity index (χ4n) is 5.17. The molecule has 5 aromatic carbocycles. The summed E-state index contributed by atoms with van der Waals surface area (Å²) >= 11 is 0. The predicted molar refractivity (Wildman–Crippen MR) is 176 cm³/mol. The largest absolute Gasteiger partial charge is 0.507 e. The third kappa shape index (κ3) is 8.47. The lowest BCUT2D eigenvalue weighted by Crippen LogP contribution is -2.43. The zero-order valence-corrected chi connectivity index (χ0v) is 25.8. The van der Waals surface area contributed by atoms with Crippen LogP contribution in [0.25, 0.3) is 22.3 Å². The quantitative estimate of drug-likeness (QED) is 0.108. The van der Waals surface area contributed by atoms with Gasteiger partial charge in [0.05, 0.1) is 24.7 Å². The second-order valence-electron chi connectivity index (χ2n) is 11.0. The van der Waals surface area contributed by atoms with Crippen LogP contribution in [0.15, 0.2) is 121 Å². The van der Waals surface area contributed by atoms with Crippen molar-refractivity contribution in [2.45, 2.75) is 25.1 Å². The van der Waals surface area contributed by atoms with E-state index < -0.39 is 35.6 Å². The number of methoxy groups -OCH3 is 1. The van der Waals surface area contributed by atoms with E-state index >= 15 is 0 Å². The van der Waals surface area contributed by atoms with E-state index in [1.165, 1.54) is 37.4 Å². The van der Waals surface area contributed by atoms with Crippen molar-refractivity contribution < 1.29 is 37.4 Å². The van der Waals surface area contributed by atoms with Gasteiger partial charge in [0.2, 0.25) is 5.91 Å². The molecule has 0 aliphatic heterocycles. The average molecular weight is 653 g/mol. The molecule has 244 valence electrons. The van der Waals surface area contributed by atoms with Crippen LogP contribution in [0.5, 0.6) is 5.75 Å². The van der Waals surface area contributed by atoms with Crippen LogP contribution in [0.4, 0.5) is 18.9 Å². The third-order valence-electron chi connectivity index (χ3n) is 7.65. The van der Waals surface area contributed by atoms with Crippen molar-refractivity contribution in [3.05, 3.63) is 144 Å². The Bertz CT molecular complexity index is 1910. The highest BCUT2D eigenvalue weighted by Gasteiger charge is 2.30. The van der Waals surface area contributed by atoms with Crippen molar-refractivity contribution in [1.29, 1.82) is 0 Å². The Morgan fingerprint density at radius 3 is 2.02 bits per heavy atom. The van der Waals surface area contributed by atoms with E-state index in [2.05, 4.69) is 10.6 Å². The molecule has 48 heavy (non-hydrogen) atoms. The van der Waals surface area contributed by atoms with Gasteiger partial charge in [0.1, 0.15) is 11.8 Å². The van der Waals surface area contributed by atoms with E-state index in [0.29, 0.717) is 16.7 Å². The van der Waals surface area contributed by atoms with Crippen molar-refractivity contribution in [1.82, 2.24) is 5.32 Å². The van der Waals surface area contributed by atoms with Gasteiger partial charge in [0.25, 0.3) is 5.91 Å². The maximum atomic E-state index is 13.2. The number of carbonyl (C=O) groups is 3. The Labute approximate surface area is 275 Å². The zero-order chi connectivity index (χ0) is 34.3. The highest BCUT2D eigenvalue weighted by atomic mass is 19.4. The number of nitrogens with one attached hydrogen (secondary N) is 2. The molecule has 0 saturated carbocycles. The van der Waals surface area contributed by atoms with Gasteiger partial charge in [-0.25, -0.2) is 4.79 Å². The molecule has 0 radical (unpaired) electrons. The van der Waals surface area contributed by atoms with Gasteiger partial charge in [-0.15, -0.1) is 0 Å². The van der Waals surface area contributed by atoms with Crippen LogP contribution in [0, 0.1) is 0 Å². The lowest BCUT2D eigenvalue weighted by molar-refractivity contribution is -0.143. The van der Waals surface area contributed by atoms with Gasteiger partial charge in [0.15, 0.2) is 0 Å². The van der Waals surface area contributed by atoms with E-state index in [9.17, 15) is 32.7 Å². The summed E-state index contributed by atoms with van der Waals surface area (Å²) in [5, 5.41) is 15.8. The summed E-state index contributed by atoms with van der Waals surface area (Å²) in [6.45, 7) is 0. The number of carbonyl (C=O) groups excluding carboxylic acids is 3. The van der Waals surface area contributed by atoms with Crippen LogP contribution in [-0.2, 0) is 33.3 Å². The van der Waals surface area contributed by atoms with Crippen LogP contribution < -0.4 is 10.6 Å². The normalized spacial score (nSPS) is 11.8. The number of esters is 1. The number of phenols is 1. The number of alkyl halides is 3. The second kappa shape index (κ2) is 14.7. The Hall–Kier alpha value is -5.90. The Morgan fingerprint density at radius 2 is 1.35 bits per heavy atom. The molecule has 10 heteroatoms. The molecule has 1 atom stereocenters. The summed E-state index contributed by atoms with van der Waals surface area (Å²) in [5.41, 5.74) is 3.94. The van der Waals surface area contributed by atoms with Gasteiger partial charge in [0, 0.05) is 12.1 Å². The molecule has 0 aromatic heterocycles. The zero-order valence-electron chi connectivity index (χ0n) is 25.8. The van der Waals surface area contributed by atoms with Gasteiger partial charge in [-0.05, 0) is 63.7 Å². The van der Waals surface area contributed by atoms with Crippen molar-refractivity contribution in [3.63, 3.8) is 0 Å². The number of aromatic hydroxyl groups is 1. The summed E-state index contributed by atoms with van der Waals surface area (Å²) in [5.74, 6) is -2.20. The average Bonchev–Trinajstić information content (AvgIpc) is 3.09. The molecule has 7 nitrogen and oxygen atoms in total. The number of rotatable bonds is 10. The maximum absolute atomic E-state index is 13.2. The summed E-state index contributed by atoms with van der Waals surface area (Å²) < 4.78 is 43.7. The first-order valence-corrected chi connectivity index (χ1v) is 14.9. The number of anilines is 1. The maximum Gasteiger partial charge on any atom is 0.416 e. The van der Waals surface area contributed by atoms with Gasteiger partial charge >= 0.3 is 12.1 Å². The third-order valence-corrected chi connectivity index (χ3v) is 7.65. The SMILES string of the molecule is COC(=O)[C@H](Cc1ccc(-c2ccccc2)cc1)NC(=O)c1cc(NC(=O)Cc2cccc(-c3ccc(C(F)(F)F)cc3)c2)ccc1O. The minimum atomic E-state index is -4.44. The van der Waals surface area contributed by atoms with Crippen molar-refractivity contribution in [3.8, 4) is 28.0 Å². The molecule has 0 unspecified atom stereocenters. The Balaban J connectivity index is 1.24. The van der Waals surface area contributed by atoms with Crippen LogP contribution in [0.2, 0.25) is 0 Å². The molecule has 0 saturated heterocycles. The summed E-state index contributed by atoms with van der Waals surface area (Å²) in [7, 11) is 1.22. The van der Waals surface area contributed by atoms with Gasteiger partial charge in [-0.2, -0.15) is 13.2 Å². The standard InChI is InChI=1S/C38H31F3N2O5/c1-48-37(47)33(21-24-10-12-27(13-11-24)26-7-3-2-4-8-26)43-36(46)32-23-31(18-19-34(32)44)42-35(45)22-25-6-5-9-29(20-25)28-14-16-30(17-15-28)38(39,40)41/h2-20,23,33,44H,21-22H2,1H3,(H,42,45)(H,43,46)/t33-/m0/s1. The van der Waals surface area contributed by atoms with E-state index in [-0.39, 0.29) is 29.8 Å². The molecule has 5 aromatic rings. The first kappa shape index (κ1) is 33.5. The van der Waals surface area contributed by atoms with Crippen LogP contribution in [-0.4, -0.2) is 36.0 Å². The molecule has 0 spiro atoms. The van der Waals surface area contributed by atoms with Crippen molar-refractivity contribution in [2.24, 2.45) is 0 Å². The number of phenolic OH excluding ortho intramolecular Hbond substituents is 1. The number of hydrogen-bond donors (Lipinski definition) is 3. The Kier molecular flexibility index (Phi) is 10.2. The van der Waals surface area contributed by atoms with Gasteiger partial charge in [-0.3, -0.25) is 9.59 Å². The van der Waals surface area contributed by atoms with Crippen molar-refractivity contribution >= 4 is 23.5 Å². The minimum absolute atomic E-state index is 0.0651. The first-order valence-electron chi connectivity index (χ1n) is 14.9. The molecular weight excluding hydrogens is 621 g/mol. The van der Waals surface area contributed by atoms with E-state index in [1.807, 2.05) is 54.6 Å². The number of hydrogen-bond acceptors (Lipinski definition) is 5. The minimum Gasteiger partial charge on any atom is -0.507 e. The number of halogens is 3. The van der Waals surface area contributed by atoms with E-state index in [4.69, 9.17) is 4.74 Å². The topological polar surface area (TPSA) is 105 Å². The first-order chi connectivity index (χ1) is 23.0. The van der Waals surface area contributed by atoms with E-state index in [0.717, 1.165) is 28.8 Å². The lowest BCUT2D eigenvalue weighted by atomic mass is 10.00. The molecule has 0 aliphatic rings. The van der Waals surface area contributed by atoms with Gasteiger partial charge < -0.3 is 20.5 Å². The molecule has 2 amide bonds. The molecule has 3 N–H and O–H groups in total. The smallest absolute Gasteiger partial charge is 0.416 e. The number of ether oxygens (including phenoxy) is 1. The predicted octanol–water partition coefficient (Wildman–Crippen LogP) is 7.44. The molecule has 0 fully saturated rings. The fraction of sp³-hybridized carbons (Fsp3) is 0.132. The summed E-state index contributed by atoms with van der Waals surface area (Å²) in [6, 6.07) is 31.9. The highest BCUT2D eigenvalue weighted by molar-refractivity contribution is 6.01. The molecule has 0 bridgehead atoms. The molecule has 0 heterocycles. The highest BCUT2D eigenvalue weighted by Crippen LogP contribution is 2.31. The van der Waals surface area contributed by atoms with Crippen LogP contribution in [0.3, 0.4) is 0 Å². The molecular formula is C38H31F3N2O5. The number of amides is 2. The molecule has 0 aliphatic carbocycles. The van der Waals surface area contributed by atoms with Gasteiger partial charge in [-0.1, -0.05) is 91.0 Å². The Morgan fingerprint density at radius 1 is 0.729 bits per heavy atom. The van der Waals surface area contributed by atoms with E-state index in [1.54, 1.807) is 24.3 Å².